The van der Waals surface area contributed by atoms with E-state index in [0.717, 1.165) is 50.6 Å². The highest BCUT2D eigenvalue weighted by Crippen LogP contribution is 2.57. The number of aromatic nitrogens is 1. The van der Waals surface area contributed by atoms with Crippen molar-refractivity contribution >= 4 is 49.6 Å². The molecule has 398 valence electrons. The summed E-state index contributed by atoms with van der Waals surface area (Å²) < 4.78 is 2.40. The summed E-state index contributed by atoms with van der Waals surface area (Å²) in [5.41, 5.74) is 25.3. The average molecular weight is 1080 g/mol. The molecule has 0 fully saturated rings. The summed E-state index contributed by atoms with van der Waals surface area (Å²) in [6, 6.07) is 125. The summed E-state index contributed by atoms with van der Waals surface area (Å²) in [7, 11) is 0. The number of fused-ring (bicyclic) bond motifs is 7. The van der Waals surface area contributed by atoms with Crippen molar-refractivity contribution in [2.75, 3.05) is 4.90 Å². The monoisotopic (exact) mass is 1080 g/mol. The number of hydrogen-bond acceptors (Lipinski definition) is 1. The van der Waals surface area contributed by atoms with Gasteiger partial charge in [-0.3, -0.25) is 0 Å². The molecule has 16 rings (SSSR count). The SMILES string of the molecule is c1ccc(-c2ccc(N(c3cc(-c4ccc(-c5ccc6c7ccccc7n(-c7ccccc7)c6c5)cc4)cc(-c4ccc5cc(-c6ccccc6)ccc5c4)c3)c3ccc4c(c3)C(c3ccccc3)(c3ccccc3)c3ccccc3-4)cc2)cc1. The molecule has 2 heteroatoms. The van der Waals surface area contributed by atoms with Gasteiger partial charge in [0.2, 0.25) is 0 Å². The zero-order chi connectivity index (χ0) is 56.3. The van der Waals surface area contributed by atoms with Gasteiger partial charge >= 0.3 is 0 Å². The van der Waals surface area contributed by atoms with E-state index in [0.29, 0.717) is 0 Å². The normalized spacial score (nSPS) is 12.3. The van der Waals surface area contributed by atoms with E-state index >= 15 is 0 Å². The third kappa shape index (κ3) is 8.57. The average Bonchev–Trinajstić information content (AvgIpc) is 1.65. The molecule has 0 radical (unpaired) electrons. The Labute approximate surface area is 496 Å². The minimum Gasteiger partial charge on any atom is -0.310 e. The van der Waals surface area contributed by atoms with Gasteiger partial charge in [0.1, 0.15) is 0 Å². The van der Waals surface area contributed by atoms with E-state index in [9.17, 15) is 0 Å². The van der Waals surface area contributed by atoms with Crippen molar-refractivity contribution in [3.63, 3.8) is 0 Å². The van der Waals surface area contributed by atoms with E-state index in [-0.39, 0.29) is 0 Å². The van der Waals surface area contributed by atoms with Gasteiger partial charge in [0.15, 0.2) is 0 Å². The van der Waals surface area contributed by atoms with Gasteiger partial charge in [0.05, 0.1) is 16.4 Å². The zero-order valence-corrected chi connectivity index (χ0v) is 46.7. The molecule has 1 aliphatic carbocycles. The fraction of sp³-hybridized carbons (Fsp3) is 0.0120. The molecule has 0 bridgehead atoms. The summed E-state index contributed by atoms with van der Waals surface area (Å²) >= 11 is 0. The number of nitrogens with zero attached hydrogens (tertiary/aromatic N) is 2. The van der Waals surface area contributed by atoms with Crippen LogP contribution in [0.1, 0.15) is 22.3 Å². The summed E-state index contributed by atoms with van der Waals surface area (Å²) in [5, 5.41) is 4.90. The Morgan fingerprint density at radius 2 is 0.671 bits per heavy atom. The van der Waals surface area contributed by atoms with Crippen LogP contribution < -0.4 is 4.90 Å². The van der Waals surface area contributed by atoms with Crippen LogP contribution >= 0.6 is 0 Å². The molecule has 0 N–H and O–H groups in total. The number of para-hydroxylation sites is 2. The van der Waals surface area contributed by atoms with Gasteiger partial charge in [-0.25, -0.2) is 0 Å². The second kappa shape index (κ2) is 20.7. The van der Waals surface area contributed by atoms with Crippen LogP contribution in [0.2, 0.25) is 0 Å². The first kappa shape index (κ1) is 49.7. The fourth-order valence-electron chi connectivity index (χ4n) is 13.6. The van der Waals surface area contributed by atoms with Crippen molar-refractivity contribution in [1.29, 1.82) is 0 Å². The first-order chi connectivity index (χ1) is 42.1. The van der Waals surface area contributed by atoms with Gasteiger partial charge < -0.3 is 9.47 Å². The highest BCUT2D eigenvalue weighted by Gasteiger charge is 2.46. The molecule has 0 aliphatic heterocycles. The van der Waals surface area contributed by atoms with Crippen LogP contribution in [0.5, 0.6) is 0 Å². The Balaban J connectivity index is 0.888. The van der Waals surface area contributed by atoms with Crippen molar-refractivity contribution < 1.29 is 0 Å². The van der Waals surface area contributed by atoms with Gasteiger partial charge in [0, 0.05) is 33.5 Å². The van der Waals surface area contributed by atoms with Crippen molar-refractivity contribution in [3.8, 4) is 72.4 Å². The summed E-state index contributed by atoms with van der Waals surface area (Å²) in [6.45, 7) is 0. The molecule has 1 aliphatic rings. The van der Waals surface area contributed by atoms with Crippen molar-refractivity contribution in [2.45, 2.75) is 5.41 Å². The minimum absolute atomic E-state index is 0.573. The first-order valence-corrected chi connectivity index (χ1v) is 29.4. The smallest absolute Gasteiger partial charge is 0.0714 e. The molecule has 0 saturated heterocycles. The maximum absolute atomic E-state index is 2.48. The third-order valence-electron chi connectivity index (χ3n) is 17.6. The molecule has 0 spiro atoms. The summed E-state index contributed by atoms with van der Waals surface area (Å²) in [5.74, 6) is 0. The Hall–Kier alpha value is -11.1. The van der Waals surface area contributed by atoms with E-state index in [1.807, 2.05) is 0 Å². The quantitative estimate of drug-likeness (QED) is 0.125. The molecule has 0 saturated carbocycles. The lowest BCUT2D eigenvalue weighted by atomic mass is 9.67. The third-order valence-corrected chi connectivity index (χ3v) is 17.6. The minimum atomic E-state index is -0.573. The second-order valence-corrected chi connectivity index (χ2v) is 22.4. The summed E-state index contributed by atoms with van der Waals surface area (Å²) in [6.07, 6.45) is 0. The van der Waals surface area contributed by atoms with Gasteiger partial charge in [0.25, 0.3) is 0 Å². The molecule has 2 nitrogen and oxygen atoms in total. The maximum atomic E-state index is 2.48. The van der Waals surface area contributed by atoms with Crippen LogP contribution in [0.4, 0.5) is 17.1 Å². The number of anilines is 3. The maximum Gasteiger partial charge on any atom is 0.0714 e. The fourth-order valence-corrected chi connectivity index (χ4v) is 13.6. The lowest BCUT2D eigenvalue weighted by molar-refractivity contribution is 0.768. The predicted octanol–water partition coefficient (Wildman–Crippen LogP) is 22.1. The molecule has 1 heterocycles. The largest absolute Gasteiger partial charge is 0.310 e. The lowest BCUT2D eigenvalue weighted by Crippen LogP contribution is -2.28. The topological polar surface area (TPSA) is 8.17 Å². The Morgan fingerprint density at radius 1 is 0.235 bits per heavy atom. The van der Waals surface area contributed by atoms with E-state index in [1.54, 1.807) is 0 Å². The number of hydrogen-bond donors (Lipinski definition) is 0. The number of benzene rings is 14. The van der Waals surface area contributed by atoms with Gasteiger partial charge in [-0.1, -0.05) is 261 Å². The standard InChI is InChI=1S/C83H56N2/c1-6-20-57(21-7-1)59-42-45-72(46-43-59)84(73-47-49-76-75-30-16-18-32-79(75)83(80(76)56-73,69-24-10-3-11-25-69)70-26-12-4-13-27-70)74-53-67(52-68(54-74)65-41-40-63-50-62(38-39-64(63)51-65)58-22-8-2-9-23-58)61-36-34-60(35-37-61)66-44-48-78-77-31-17-19-33-81(77)85(82(78)55-66)71-28-14-5-15-29-71/h1-56H. The van der Waals surface area contributed by atoms with Crippen LogP contribution in [0.15, 0.2) is 340 Å². The first-order valence-electron chi connectivity index (χ1n) is 29.4. The van der Waals surface area contributed by atoms with Crippen LogP contribution in [-0.4, -0.2) is 4.57 Å². The summed E-state index contributed by atoms with van der Waals surface area (Å²) in [4.78, 5) is 2.48. The van der Waals surface area contributed by atoms with Gasteiger partial charge in [-0.15, -0.1) is 0 Å². The van der Waals surface area contributed by atoms with E-state index in [1.165, 1.54) is 93.8 Å². The highest BCUT2D eigenvalue weighted by atomic mass is 15.1. The van der Waals surface area contributed by atoms with Gasteiger partial charge in [-0.2, -0.15) is 0 Å². The molecule has 0 amide bonds. The Morgan fingerprint density at radius 3 is 1.33 bits per heavy atom. The Bertz CT molecular complexity index is 4910. The molecule has 1 aromatic heterocycles. The molecular formula is C83H56N2. The molecule has 14 aromatic carbocycles. The van der Waals surface area contributed by atoms with Crippen molar-refractivity contribution in [2.24, 2.45) is 0 Å². The van der Waals surface area contributed by atoms with Crippen molar-refractivity contribution in [3.05, 3.63) is 362 Å². The van der Waals surface area contributed by atoms with Crippen LogP contribution in [0.3, 0.4) is 0 Å². The predicted molar refractivity (Wildman–Crippen MR) is 357 cm³/mol. The van der Waals surface area contributed by atoms with Crippen LogP contribution in [0.25, 0.3) is 105 Å². The van der Waals surface area contributed by atoms with E-state index in [4.69, 9.17) is 0 Å². The second-order valence-electron chi connectivity index (χ2n) is 22.4. The zero-order valence-electron chi connectivity index (χ0n) is 46.7. The Kier molecular flexibility index (Phi) is 12.1. The van der Waals surface area contributed by atoms with Crippen molar-refractivity contribution in [1.82, 2.24) is 4.57 Å². The molecule has 0 unspecified atom stereocenters. The van der Waals surface area contributed by atoms with E-state index in [2.05, 4.69) is 349 Å². The lowest BCUT2D eigenvalue weighted by Gasteiger charge is -2.35. The molecule has 15 aromatic rings. The van der Waals surface area contributed by atoms with E-state index < -0.39 is 5.41 Å². The van der Waals surface area contributed by atoms with Crippen LogP contribution in [0, 0.1) is 0 Å². The molecule has 85 heavy (non-hydrogen) atoms. The number of rotatable bonds is 11. The highest BCUT2D eigenvalue weighted by molar-refractivity contribution is 6.10. The molecule has 0 atom stereocenters. The molecular weight excluding hydrogens is 1020 g/mol. The van der Waals surface area contributed by atoms with Gasteiger partial charge in [-0.05, 0) is 179 Å². The van der Waals surface area contributed by atoms with Crippen LogP contribution in [-0.2, 0) is 5.41 Å².